The Morgan fingerprint density at radius 1 is 1.27 bits per heavy atom. The van der Waals surface area contributed by atoms with Gasteiger partial charge in [-0.15, -0.1) is 0 Å². The third-order valence-corrected chi connectivity index (χ3v) is 4.15. The Balaban J connectivity index is 1.95. The fourth-order valence-corrected chi connectivity index (χ4v) is 2.99. The number of thioether (sulfide) groups is 1. The van der Waals surface area contributed by atoms with Crippen molar-refractivity contribution in [2.75, 3.05) is 0 Å². The van der Waals surface area contributed by atoms with E-state index in [-0.39, 0.29) is 11.6 Å². The molecule has 2 heterocycles. The zero-order chi connectivity index (χ0) is 15.7. The van der Waals surface area contributed by atoms with Gasteiger partial charge in [-0.3, -0.25) is 14.9 Å². The van der Waals surface area contributed by atoms with E-state index in [2.05, 4.69) is 5.32 Å². The molecule has 22 heavy (non-hydrogen) atoms. The van der Waals surface area contributed by atoms with Crippen molar-refractivity contribution >= 4 is 46.0 Å². The number of hydrogen-bond acceptors (Lipinski definition) is 6. The molecule has 3 rings (SSSR count). The highest BCUT2D eigenvalue weighted by atomic mass is 32.2. The summed E-state index contributed by atoms with van der Waals surface area (Å²) in [6.45, 7) is 0. The fourth-order valence-electron chi connectivity index (χ4n) is 1.97. The van der Waals surface area contributed by atoms with Crippen molar-refractivity contribution in [3.05, 3.63) is 57.4 Å². The van der Waals surface area contributed by atoms with Crippen molar-refractivity contribution in [1.82, 2.24) is 5.32 Å². The highest BCUT2D eigenvalue weighted by molar-refractivity contribution is 8.26. The molecule has 0 bridgehead atoms. The van der Waals surface area contributed by atoms with Gasteiger partial charge in [0.05, 0.1) is 16.1 Å². The first-order valence-corrected chi connectivity index (χ1v) is 7.34. The van der Waals surface area contributed by atoms with Gasteiger partial charge in [0.25, 0.3) is 11.6 Å². The molecule has 1 aliphatic heterocycles. The van der Waals surface area contributed by atoms with E-state index in [1.165, 1.54) is 18.4 Å². The van der Waals surface area contributed by atoms with Gasteiger partial charge in [-0.2, -0.15) is 0 Å². The molecule has 1 aromatic carbocycles. The standard InChI is InChI=1S/C14H8N2O4S2/c17-13-12(22-14(21)15-13)7-11-10(5-6-20-11)8-1-3-9(4-2-8)16(18)19/h1-7H,(H,15,17,21)/b12-7+. The summed E-state index contributed by atoms with van der Waals surface area (Å²) < 4.78 is 5.80. The van der Waals surface area contributed by atoms with Crippen LogP contribution in [0.15, 0.2) is 45.9 Å². The second-order valence-corrected chi connectivity index (χ2v) is 6.07. The zero-order valence-corrected chi connectivity index (χ0v) is 12.6. The fraction of sp³-hybridized carbons (Fsp3) is 0. The summed E-state index contributed by atoms with van der Waals surface area (Å²) in [5, 5.41) is 13.2. The summed E-state index contributed by atoms with van der Waals surface area (Å²) in [5.41, 5.74) is 1.52. The molecule has 1 amide bonds. The van der Waals surface area contributed by atoms with Crippen molar-refractivity contribution in [3.8, 4) is 11.1 Å². The average molecular weight is 332 g/mol. The van der Waals surface area contributed by atoms with Gasteiger partial charge in [0.1, 0.15) is 10.1 Å². The summed E-state index contributed by atoms with van der Waals surface area (Å²) in [6.07, 6.45) is 3.11. The number of benzene rings is 1. The van der Waals surface area contributed by atoms with Gasteiger partial charge in [-0.25, -0.2) is 0 Å². The Labute approximate surface area is 134 Å². The minimum absolute atomic E-state index is 0.0169. The van der Waals surface area contributed by atoms with Crippen LogP contribution >= 0.6 is 24.0 Å². The van der Waals surface area contributed by atoms with Crippen LogP contribution < -0.4 is 5.32 Å². The summed E-state index contributed by atoms with van der Waals surface area (Å²) in [7, 11) is 0. The molecule has 0 spiro atoms. The van der Waals surface area contributed by atoms with Crippen LogP contribution in [0.2, 0.25) is 0 Å². The molecule has 0 radical (unpaired) electrons. The lowest BCUT2D eigenvalue weighted by Crippen LogP contribution is -2.17. The molecular formula is C14H8N2O4S2. The largest absolute Gasteiger partial charge is 0.464 e. The van der Waals surface area contributed by atoms with Gasteiger partial charge in [-0.05, 0) is 23.8 Å². The average Bonchev–Trinajstić information content (AvgIpc) is 3.06. The van der Waals surface area contributed by atoms with Crippen LogP contribution in [0.5, 0.6) is 0 Å². The van der Waals surface area contributed by atoms with Gasteiger partial charge in [0, 0.05) is 23.8 Å². The third kappa shape index (κ3) is 2.78. The third-order valence-electron chi connectivity index (χ3n) is 2.99. The minimum Gasteiger partial charge on any atom is -0.464 e. The van der Waals surface area contributed by atoms with E-state index in [1.54, 1.807) is 24.3 Å². The number of carbonyl (C=O) groups is 1. The molecule has 2 aromatic rings. The normalized spacial score (nSPS) is 16.1. The van der Waals surface area contributed by atoms with Crippen molar-refractivity contribution in [2.24, 2.45) is 0 Å². The van der Waals surface area contributed by atoms with E-state index in [1.807, 2.05) is 0 Å². The molecule has 0 saturated carbocycles. The predicted molar refractivity (Wildman–Crippen MR) is 87.1 cm³/mol. The molecule has 0 aliphatic carbocycles. The van der Waals surface area contributed by atoms with E-state index in [0.717, 1.165) is 22.9 Å². The van der Waals surface area contributed by atoms with Crippen LogP contribution in [0.3, 0.4) is 0 Å². The maximum Gasteiger partial charge on any atom is 0.269 e. The van der Waals surface area contributed by atoms with Gasteiger partial charge < -0.3 is 9.73 Å². The highest BCUT2D eigenvalue weighted by Gasteiger charge is 2.23. The lowest BCUT2D eigenvalue weighted by Gasteiger charge is -2.00. The molecular weight excluding hydrogens is 324 g/mol. The number of rotatable bonds is 3. The van der Waals surface area contributed by atoms with Gasteiger partial charge in [0.15, 0.2) is 0 Å². The Kier molecular flexibility index (Phi) is 3.78. The molecule has 0 atom stereocenters. The van der Waals surface area contributed by atoms with Gasteiger partial charge in [0.2, 0.25) is 0 Å². The van der Waals surface area contributed by atoms with Crippen LogP contribution in [0, 0.1) is 10.1 Å². The molecule has 1 N–H and O–H groups in total. The monoisotopic (exact) mass is 332 g/mol. The van der Waals surface area contributed by atoms with Crippen molar-refractivity contribution in [3.63, 3.8) is 0 Å². The first-order chi connectivity index (χ1) is 10.5. The maximum absolute atomic E-state index is 11.7. The SMILES string of the molecule is O=C1NC(=S)S/C1=C/c1occc1-c1ccc([N+](=O)[O-])cc1. The molecule has 0 unspecified atom stereocenters. The van der Waals surface area contributed by atoms with Crippen LogP contribution in [-0.2, 0) is 4.79 Å². The van der Waals surface area contributed by atoms with Gasteiger partial charge >= 0.3 is 0 Å². The Hall–Kier alpha value is -2.45. The van der Waals surface area contributed by atoms with E-state index in [9.17, 15) is 14.9 Å². The van der Waals surface area contributed by atoms with E-state index >= 15 is 0 Å². The number of nitrogens with zero attached hydrogens (tertiary/aromatic N) is 1. The number of thiocarbonyl (C=S) groups is 1. The van der Waals surface area contributed by atoms with Crippen molar-refractivity contribution in [2.45, 2.75) is 0 Å². The number of hydrogen-bond donors (Lipinski definition) is 1. The van der Waals surface area contributed by atoms with Crippen molar-refractivity contribution < 1.29 is 14.1 Å². The van der Waals surface area contributed by atoms with E-state index in [4.69, 9.17) is 16.6 Å². The molecule has 6 nitrogen and oxygen atoms in total. The van der Waals surface area contributed by atoms with E-state index < -0.39 is 4.92 Å². The van der Waals surface area contributed by atoms with Crippen molar-refractivity contribution in [1.29, 1.82) is 0 Å². The topological polar surface area (TPSA) is 85.4 Å². The first-order valence-electron chi connectivity index (χ1n) is 6.12. The quantitative estimate of drug-likeness (QED) is 0.401. The number of nitro benzene ring substituents is 1. The summed E-state index contributed by atoms with van der Waals surface area (Å²) in [6, 6.07) is 7.86. The number of amides is 1. The molecule has 1 aromatic heterocycles. The van der Waals surface area contributed by atoms with E-state index in [0.29, 0.717) is 15.0 Å². The molecule has 8 heteroatoms. The number of carbonyl (C=O) groups excluding carboxylic acids is 1. The minimum atomic E-state index is -0.456. The number of nitrogens with one attached hydrogen (secondary N) is 1. The van der Waals surface area contributed by atoms with Crippen LogP contribution in [0.4, 0.5) is 5.69 Å². The van der Waals surface area contributed by atoms with Gasteiger partial charge in [-0.1, -0.05) is 24.0 Å². The Bertz CT molecular complexity index is 809. The maximum atomic E-state index is 11.7. The lowest BCUT2D eigenvalue weighted by molar-refractivity contribution is -0.384. The molecule has 1 aliphatic rings. The molecule has 1 saturated heterocycles. The first kappa shape index (κ1) is 14.5. The smallest absolute Gasteiger partial charge is 0.269 e. The van der Waals surface area contributed by atoms with Crippen LogP contribution in [0.25, 0.3) is 17.2 Å². The lowest BCUT2D eigenvalue weighted by atomic mass is 10.1. The van der Waals surface area contributed by atoms with Crippen LogP contribution in [-0.4, -0.2) is 15.2 Å². The summed E-state index contributed by atoms with van der Waals surface area (Å²) in [4.78, 5) is 22.3. The molecule has 1 fully saturated rings. The Morgan fingerprint density at radius 2 is 2.00 bits per heavy atom. The van der Waals surface area contributed by atoms with Crippen LogP contribution in [0.1, 0.15) is 5.76 Å². The second kappa shape index (κ2) is 5.74. The zero-order valence-electron chi connectivity index (χ0n) is 10.9. The number of furan rings is 1. The predicted octanol–water partition coefficient (Wildman–Crippen LogP) is 3.34. The molecule has 110 valence electrons. The summed E-state index contributed by atoms with van der Waals surface area (Å²) in [5.74, 6) is 0.234. The number of non-ortho nitro benzene ring substituents is 1. The number of nitro groups is 1. The summed E-state index contributed by atoms with van der Waals surface area (Å²) >= 11 is 6.09. The highest BCUT2D eigenvalue weighted by Crippen LogP contribution is 2.32. The Morgan fingerprint density at radius 3 is 2.59 bits per heavy atom. The second-order valence-electron chi connectivity index (χ2n) is 4.35.